The summed E-state index contributed by atoms with van der Waals surface area (Å²) >= 11 is 1.54. The van der Waals surface area contributed by atoms with Gasteiger partial charge in [0.15, 0.2) is 0 Å². The molecule has 0 saturated carbocycles. The zero-order valence-electron chi connectivity index (χ0n) is 16.6. The molecule has 3 rings (SSSR count). The molecule has 29 heavy (non-hydrogen) atoms. The predicted octanol–water partition coefficient (Wildman–Crippen LogP) is 3.76. The van der Waals surface area contributed by atoms with Gasteiger partial charge in [-0.3, -0.25) is 0 Å². The summed E-state index contributed by atoms with van der Waals surface area (Å²) in [6, 6.07) is 16.1. The van der Waals surface area contributed by atoms with E-state index in [0.29, 0.717) is 13.1 Å². The molecule has 0 aliphatic carbocycles. The lowest BCUT2D eigenvalue weighted by Gasteiger charge is -2.28. The Labute approximate surface area is 176 Å². The van der Waals surface area contributed by atoms with Crippen molar-refractivity contribution in [2.75, 3.05) is 18.1 Å². The van der Waals surface area contributed by atoms with Crippen molar-refractivity contribution in [3.8, 4) is 0 Å². The molecule has 1 atom stereocenters. The summed E-state index contributed by atoms with van der Waals surface area (Å²) < 4.78 is 6.54. The first kappa shape index (κ1) is 21.2. The van der Waals surface area contributed by atoms with Crippen LogP contribution in [-0.2, 0) is 18.2 Å². The molecule has 1 heterocycles. The van der Waals surface area contributed by atoms with Crippen molar-refractivity contribution in [1.29, 1.82) is 0 Å². The van der Waals surface area contributed by atoms with Crippen molar-refractivity contribution in [2.24, 2.45) is 17.3 Å². The van der Waals surface area contributed by atoms with Crippen molar-refractivity contribution in [1.82, 2.24) is 0 Å². The molecule has 1 unspecified atom stereocenters. The molecule has 3 aromatic rings. The standard InChI is InChI=1S/C21H24BN4O2S/c1-16-12-18(8-9-20(16)23-24-21-25(2)10-11-29-21)26(14-19(27)15-28-22)13-17-6-4-3-5-7-17/h3-12,19,27H,13-15H2,1-2H3/q+1. The normalized spacial score (nSPS) is 12.4. The van der Waals surface area contributed by atoms with Crippen LogP contribution in [0.5, 0.6) is 0 Å². The number of nitrogens with zero attached hydrogens (tertiary/aromatic N) is 4. The Kier molecular flexibility index (Phi) is 7.52. The fraction of sp³-hybridized carbons (Fsp3) is 0.286. The zero-order valence-corrected chi connectivity index (χ0v) is 17.4. The van der Waals surface area contributed by atoms with E-state index >= 15 is 0 Å². The quantitative estimate of drug-likeness (QED) is 0.334. The fourth-order valence-corrected chi connectivity index (χ4v) is 3.63. The minimum absolute atomic E-state index is 0.0778. The molecular weight excluding hydrogens is 383 g/mol. The SMILES string of the molecule is [B]OCC(O)CN(Cc1ccccc1)c1ccc(N=Nc2scc[n+]2C)c(C)c1. The number of thiazole rings is 1. The van der Waals surface area contributed by atoms with E-state index in [1.54, 1.807) is 0 Å². The van der Waals surface area contributed by atoms with E-state index < -0.39 is 6.10 Å². The Morgan fingerprint density at radius 3 is 2.66 bits per heavy atom. The van der Waals surface area contributed by atoms with Crippen LogP contribution in [0.4, 0.5) is 16.5 Å². The van der Waals surface area contributed by atoms with Crippen LogP contribution in [-0.4, -0.2) is 32.4 Å². The Morgan fingerprint density at radius 2 is 2.00 bits per heavy atom. The van der Waals surface area contributed by atoms with Gasteiger partial charge in [-0.2, -0.15) is 0 Å². The first-order valence-corrected chi connectivity index (χ1v) is 10.2. The van der Waals surface area contributed by atoms with Gasteiger partial charge < -0.3 is 14.7 Å². The molecule has 0 amide bonds. The lowest BCUT2D eigenvalue weighted by Crippen LogP contribution is -2.34. The van der Waals surface area contributed by atoms with Crippen LogP contribution in [0, 0.1) is 6.92 Å². The smallest absolute Gasteiger partial charge is 0.408 e. The maximum atomic E-state index is 10.2. The summed E-state index contributed by atoms with van der Waals surface area (Å²) in [7, 11) is 7.07. The van der Waals surface area contributed by atoms with Gasteiger partial charge in [0.2, 0.25) is 0 Å². The second kappa shape index (κ2) is 10.3. The van der Waals surface area contributed by atoms with E-state index in [2.05, 4.69) is 38.0 Å². The molecule has 1 aromatic heterocycles. The highest BCUT2D eigenvalue weighted by molar-refractivity contribution is 7.12. The lowest BCUT2D eigenvalue weighted by atomic mass is 10.1. The molecule has 0 saturated heterocycles. The molecule has 0 aliphatic heterocycles. The molecule has 2 radical (unpaired) electrons. The molecule has 0 aliphatic rings. The third kappa shape index (κ3) is 5.96. The van der Waals surface area contributed by atoms with Crippen molar-refractivity contribution in [3.05, 3.63) is 71.2 Å². The van der Waals surface area contributed by atoms with Crippen LogP contribution < -0.4 is 9.47 Å². The largest absolute Gasteiger partial charge is 0.445 e. The number of aryl methyl sites for hydroxylation is 2. The predicted molar refractivity (Wildman–Crippen MR) is 116 cm³/mol. The minimum atomic E-state index is -0.692. The van der Waals surface area contributed by atoms with Gasteiger partial charge in [0.1, 0.15) is 11.9 Å². The van der Waals surface area contributed by atoms with Crippen molar-refractivity contribution >= 4 is 35.9 Å². The number of rotatable bonds is 9. The highest BCUT2D eigenvalue weighted by Gasteiger charge is 2.15. The summed E-state index contributed by atoms with van der Waals surface area (Å²) in [6.45, 7) is 3.14. The van der Waals surface area contributed by atoms with Gasteiger partial charge in [0.05, 0.1) is 24.9 Å². The van der Waals surface area contributed by atoms with E-state index in [9.17, 15) is 5.11 Å². The highest BCUT2D eigenvalue weighted by atomic mass is 32.1. The highest BCUT2D eigenvalue weighted by Crippen LogP contribution is 2.28. The van der Waals surface area contributed by atoms with E-state index in [4.69, 9.17) is 8.05 Å². The van der Waals surface area contributed by atoms with Crippen LogP contribution in [0.3, 0.4) is 0 Å². The van der Waals surface area contributed by atoms with Crippen molar-refractivity contribution in [2.45, 2.75) is 19.6 Å². The van der Waals surface area contributed by atoms with Crippen LogP contribution in [0.25, 0.3) is 0 Å². The number of benzene rings is 2. The van der Waals surface area contributed by atoms with Crippen LogP contribution >= 0.6 is 11.3 Å². The first-order chi connectivity index (χ1) is 14.1. The zero-order chi connectivity index (χ0) is 20.6. The molecule has 6 nitrogen and oxygen atoms in total. The van der Waals surface area contributed by atoms with Crippen molar-refractivity contribution in [3.63, 3.8) is 0 Å². The van der Waals surface area contributed by atoms with Gasteiger partial charge in [-0.1, -0.05) is 30.3 Å². The number of anilines is 1. The molecule has 148 valence electrons. The average molecular weight is 407 g/mol. The number of hydrogen-bond acceptors (Lipinski definition) is 6. The van der Waals surface area contributed by atoms with Gasteiger partial charge in [0.25, 0.3) is 8.05 Å². The second-order valence-electron chi connectivity index (χ2n) is 6.82. The number of azo groups is 1. The van der Waals surface area contributed by atoms with Gasteiger partial charge in [-0.15, -0.1) is 0 Å². The van der Waals surface area contributed by atoms with Crippen LogP contribution in [0.15, 0.2) is 70.3 Å². The van der Waals surface area contributed by atoms with E-state index in [1.165, 1.54) is 11.3 Å². The van der Waals surface area contributed by atoms with Gasteiger partial charge in [-0.25, -0.2) is 4.57 Å². The molecule has 0 bridgehead atoms. The Hall–Kier alpha value is -2.55. The second-order valence-corrected chi connectivity index (χ2v) is 7.69. The van der Waals surface area contributed by atoms with Crippen LogP contribution in [0.1, 0.15) is 11.1 Å². The Morgan fingerprint density at radius 1 is 1.21 bits per heavy atom. The molecule has 2 aromatic carbocycles. The van der Waals surface area contributed by atoms with E-state index in [1.807, 2.05) is 60.4 Å². The third-order valence-electron chi connectivity index (χ3n) is 4.48. The van der Waals surface area contributed by atoms with Crippen LogP contribution in [0.2, 0.25) is 0 Å². The van der Waals surface area contributed by atoms with E-state index in [0.717, 1.165) is 27.6 Å². The summed E-state index contributed by atoms with van der Waals surface area (Å²) in [4.78, 5) is 2.10. The summed E-state index contributed by atoms with van der Waals surface area (Å²) in [5, 5.41) is 21.8. The number of aliphatic hydroxyl groups excluding tert-OH is 1. The molecule has 8 heteroatoms. The maximum absolute atomic E-state index is 10.2. The topological polar surface area (TPSA) is 61.3 Å². The Bertz CT molecular complexity index is 949. The monoisotopic (exact) mass is 407 g/mol. The Balaban J connectivity index is 1.82. The third-order valence-corrected chi connectivity index (χ3v) is 5.32. The fourth-order valence-electron chi connectivity index (χ4n) is 2.95. The van der Waals surface area contributed by atoms with Crippen molar-refractivity contribution < 1.29 is 14.3 Å². The number of aliphatic hydroxyl groups is 1. The summed E-state index contributed by atoms with van der Waals surface area (Å²) in [6.07, 6.45) is 1.26. The first-order valence-electron chi connectivity index (χ1n) is 9.31. The minimum Gasteiger partial charge on any atom is -0.445 e. The molecular formula is C21H24BN4O2S+. The molecule has 1 N–H and O–H groups in total. The van der Waals surface area contributed by atoms with Gasteiger partial charge in [-0.05, 0) is 52.7 Å². The summed E-state index contributed by atoms with van der Waals surface area (Å²) in [5.74, 6) is 0. The number of aromatic nitrogens is 1. The van der Waals surface area contributed by atoms with E-state index in [-0.39, 0.29) is 6.61 Å². The summed E-state index contributed by atoms with van der Waals surface area (Å²) in [5.41, 5.74) is 3.96. The lowest BCUT2D eigenvalue weighted by molar-refractivity contribution is -0.654. The number of hydrogen-bond donors (Lipinski definition) is 1. The molecule has 0 fully saturated rings. The maximum Gasteiger partial charge on any atom is 0.408 e. The average Bonchev–Trinajstić information content (AvgIpc) is 3.12. The van der Waals surface area contributed by atoms with Gasteiger partial charge in [0, 0.05) is 24.2 Å². The van der Waals surface area contributed by atoms with Gasteiger partial charge >= 0.3 is 5.13 Å². The molecule has 0 spiro atoms.